The average molecular weight is 528 g/mol. The van der Waals surface area contributed by atoms with Crippen LogP contribution in [0.25, 0.3) is 10.9 Å². The summed E-state index contributed by atoms with van der Waals surface area (Å²) in [5.41, 5.74) is 0.205. The van der Waals surface area contributed by atoms with Crippen molar-refractivity contribution in [3.05, 3.63) is 69.0 Å². The van der Waals surface area contributed by atoms with Crippen molar-refractivity contribution in [1.82, 2.24) is 15.2 Å². The molecule has 2 aromatic carbocycles. The second-order valence-electron chi connectivity index (χ2n) is 9.99. The first kappa shape index (κ1) is 27.0. The maximum Gasteiger partial charge on any atom is 0.255 e. The Morgan fingerprint density at radius 2 is 2.00 bits per heavy atom. The number of H-pyrrole nitrogens is 1. The van der Waals surface area contributed by atoms with Gasteiger partial charge in [-0.2, -0.15) is 0 Å². The molecule has 0 radical (unpaired) electrons. The van der Waals surface area contributed by atoms with Crippen LogP contribution in [0.5, 0.6) is 11.5 Å². The second-order valence-corrected chi connectivity index (χ2v) is 10.4. The van der Waals surface area contributed by atoms with E-state index in [1.807, 2.05) is 43.3 Å². The molecule has 3 unspecified atom stereocenters. The summed E-state index contributed by atoms with van der Waals surface area (Å²) in [6.07, 6.45) is 1.57. The Kier molecular flexibility index (Phi) is 8.11. The summed E-state index contributed by atoms with van der Waals surface area (Å²) < 4.78 is 10.9. The Bertz CT molecular complexity index is 1340. The number of halogens is 1. The summed E-state index contributed by atoms with van der Waals surface area (Å²) in [7, 11) is 7.04. The summed E-state index contributed by atoms with van der Waals surface area (Å²) in [4.78, 5) is 30.8. The first-order valence-electron chi connectivity index (χ1n) is 12.3. The summed E-state index contributed by atoms with van der Waals surface area (Å²) in [5, 5.41) is 16.1. The number of methoxy groups -OCH3 is 2. The number of aliphatic hydroxyl groups is 1. The first-order chi connectivity index (χ1) is 17.6. The second kappa shape index (κ2) is 11.1. The Hall–Kier alpha value is -3.07. The molecule has 3 N–H and O–H groups in total. The van der Waals surface area contributed by atoms with Crippen LogP contribution in [0.3, 0.4) is 0 Å². The van der Waals surface area contributed by atoms with Crippen molar-refractivity contribution in [2.24, 2.45) is 5.92 Å². The number of hydrogen-bond acceptors (Lipinski definition) is 6. The van der Waals surface area contributed by atoms with E-state index in [1.165, 1.54) is 7.11 Å². The summed E-state index contributed by atoms with van der Waals surface area (Å²) >= 11 is 6.06. The maximum atomic E-state index is 13.1. The lowest BCUT2D eigenvalue weighted by Gasteiger charge is -2.44. The molecule has 0 spiro atoms. The minimum absolute atomic E-state index is 0.114. The lowest BCUT2D eigenvalue weighted by atomic mass is 9.69. The quantitative estimate of drug-likeness (QED) is 0.414. The molecular formula is C28H34ClN3O5. The minimum atomic E-state index is -1.04. The van der Waals surface area contributed by atoms with Crippen LogP contribution in [-0.4, -0.2) is 61.8 Å². The van der Waals surface area contributed by atoms with Gasteiger partial charge >= 0.3 is 0 Å². The average Bonchev–Trinajstić information content (AvgIpc) is 2.86. The highest BCUT2D eigenvalue weighted by Crippen LogP contribution is 2.43. The van der Waals surface area contributed by atoms with Crippen LogP contribution in [0.2, 0.25) is 5.02 Å². The molecule has 198 valence electrons. The number of carbonyl (C=O) groups is 1. The number of rotatable bonds is 8. The fraction of sp³-hybridized carbons (Fsp3) is 0.429. The molecule has 1 fully saturated rings. The number of aromatic nitrogens is 1. The fourth-order valence-corrected chi connectivity index (χ4v) is 5.61. The highest BCUT2D eigenvalue weighted by atomic mass is 35.5. The Morgan fingerprint density at radius 1 is 1.22 bits per heavy atom. The first-order valence-corrected chi connectivity index (χ1v) is 12.7. The molecule has 3 aromatic rings. The van der Waals surface area contributed by atoms with Gasteiger partial charge in [-0.1, -0.05) is 23.7 Å². The third kappa shape index (κ3) is 5.76. The molecule has 0 bridgehead atoms. The maximum absolute atomic E-state index is 13.1. The molecule has 3 atom stereocenters. The number of nitrogens with zero attached hydrogens (tertiary/aromatic N) is 1. The van der Waals surface area contributed by atoms with Gasteiger partial charge in [0.05, 0.1) is 37.3 Å². The van der Waals surface area contributed by atoms with Crippen LogP contribution in [0.4, 0.5) is 0 Å². The molecule has 1 aliphatic rings. The largest absolute Gasteiger partial charge is 0.497 e. The van der Waals surface area contributed by atoms with E-state index in [1.54, 1.807) is 25.3 Å². The Balaban J connectivity index is 1.53. The Labute approximate surface area is 221 Å². The molecule has 1 heterocycles. The lowest BCUT2D eigenvalue weighted by molar-refractivity contribution is -0.123. The molecule has 1 aromatic heterocycles. The topological polar surface area (TPSA) is 104 Å². The highest BCUT2D eigenvalue weighted by Gasteiger charge is 2.44. The number of nitrogens with one attached hydrogen (secondary N) is 2. The van der Waals surface area contributed by atoms with Crippen LogP contribution in [-0.2, 0) is 16.8 Å². The third-order valence-corrected chi connectivity index (χ3v) is 7.44. The van der Waals surface area contributed by atoms with E-state index in [9.17, 15) is 14.7 Å². The van der Waals surface area contributed by atoms with Crippen LogP contribution in [0.15, 0.2) is 47.3 Å². The van der Waals surface area contributed by atoms with E-state index in [-0.39, 0.29) is 35.4 Å². The molecule has 1 aliphatic carbocycles. The van der Waals surface area contributed by atoms with E-state index < -0.39 is 5.60 Å². The van der Waals surface area contributed by atoms with E-state index in [4.69, 9.17) is 21.1 Å². The zero-order valence-electron chi connectivity index (χ0n) is 21.6. The van der Waals surface area contributed by atoms with Crippen LogP contribution >= 0.6 is 11.6 Å². The molecule has 1 saturated carbocycles. The number of aromatic amines is 1. The number of ether oxygens (including phenoxy) is 2. The SMILES string of the molecule is COc1cccc(C2(O)CCC(NC(=O)Cc3c(OC)c4ccc(Cl)cc4[nH]c3=O)CC2CN(C)C)c1. The van der Waals surface area contributed by atoms with Gasteiger partial charge in [0.1, 0.15) is 11.5 Å². The van der Waals surface area contributed by atoms with E-state index in [0.717, 1.165) is 5.56 Å². The van der Waals surface area contributed by atoms with Crippen molar-refractivity contribution >= 4 is 28.4 Å². The van der Waals surface area contributed by atoms with Crippen LogP contribution in [0.1, 0.15) is 30.4 Å². The number of fused-ring (bicyclic) bond motifs is 1. The van der Waals surface area contributed by atoms with Gasteiger partial charge in [-0.3, -0.25) is 9.59 Å². The Morgan fingerprint density at radius 3 is 2.70 bits per heavy atom. The van der Waals surface area contributed by atoms with Crippen molar-refractivity contribution < 1.29 is 19.4 Å². The van der Waals surface area contributed by atoms with Gasteiger partial charge in [0, 0.05) is 28.9 Å². The van der Waals surface area contributed by atoms with Crippen LogP contribution in [0, 0.1) is 5.92 Å². The predicted octanol–water partition coefficient (Wildman–Crippen LogP) is 3.48. The van der Waals surface area contributed by atoms with Gasteiger partial charge in [-0.05, 0) is 69.3 Å². The highest BCUT2D eigenvalue weighted by molar-refractivity contribution is 6.31. The number of amides is 1. The molecule has 8 nitrogen and oxygen atoms in total. The number of pyridine rings is 1. The zero-order chi connectivity index (χ0) is 26.7. The fourth-order valence-electron chi connectivity index (χ4n) is 5.44. The van der Waals surface area contributed by atoms with Crippen molar-refractivity contribution in [2.75, 3.05) is 34.9 Å². The van der Waals surface area contributed by atoms with Crippen molar-refractivity contribution in [1.29, 1.82) is 0 Å². The third-order valence-electron chi connectivity index (χ3n) is 7.20. The molecule has 9 heteroatoms. The van der Waals surface area contributed by atoms with Gasteiger partial charge in [0.2, 0.25) is 5.91 Å². The molecular weight excluding hydrogens is 494 g/mol. The molecule has 0 saturated heterocycles. The number of benzene rings is 2. The molecule has 4 rings (SSSR count). The zero-order valence-corrected chi connectivity index (χ0v) is 22.4. The van der Waals surface area contributed by atoms with E-state index >= 15 is 0 Å². The van der Waals surface area contributed by atoms with Crippen molar-refractivity contribution in [2.45, 2.75) is 37.3 Å². The molecule has 37 heavy (non-hydrogen) atoms. The van der Waals surface area contributed by atoms with Gasteiger partial charge in [0.15, 0.2) is 0 Å². The predicted molar refractivity (Wildman–Crippen MR) is 145 cm³/mol. The van der Waals surface area contributed by atoms with Crippen molar-refractivity contribution in [3.63, 3.8) is 0 Å². The van der Waals surface area contributed by atoms with E-state index in [0.29, 0.717) is 53.2 Å². The van der Waals surface area contributed by atoms with Gasteiger partial charge < -0.3 is 29.8 Å². The number of hydrogen-bond donors (Lipinski definition) is 3. The molecule has 0 aliphatic heterocycles. The van der Waals surface area contributed by atoms with Gasteiger partial charge in [0.25, 0.3) is 5.56 Å². The summed E-state index contributed by atoms with van der Waals surface area (Å²) in [6, 6.07) is 12.5. The monoisotopic (exact) mass is 527 g/mol. The van der Waals surface area contributed by atoms with Crippen LogP contribution < -0.4 is 20.3 Å². The standard InChI is InChI=1S/C28H34ClN3O5/c1-32(2)16-18-12-20(10-11-28(18,35)17-6-5-7-21(13-17)36-3)30-25(33)15-23-26(37-4)22-9-8-19(29)14-24(22)31-27(23)34/h5-9,13-14,18,20,35H,10-12,15-16H2,1-4H3,(H,30,33)(H,31,34). The smallest absolute Gasteiger partial charge is 0.255 e. The summed E-state index contributed by atoms with van der Waals surface area (Å²) in [5.74, 6) is 0.684. The van der Waals surface area contributed by atoms with Gasteiger partial charge in [-0.25, -0.2) is 0 Å². The molecule has 1 amide bonds. The van der Waals surface area contributed by atoms with Crippen molar-refractivity contribution in [3.8, 4) is 11.5 Å². The minimum Gasteiger partial charge on any atom is -0.497 e. The normalized spacial score (nSPS) is 21.7. The van der Waals surface area contributed by atoms with Gasteiger partial charge in [-0.15, -0.1) is 0 Å². The summed E-state index contributed by atoms with van der Waals surface area (Å²) in [6.45, 7) is 0.654. The van der Waals surface area contributed by atoms with E-state index in [2.05, 4.69) is 10.3 Å². The lowest BCUT2D eigenvalue weighted by Crippen LogP contribution is -2.50. The number of carbonyl (C=O) groups excluding carboxylic acids is 1.